The molecule has 0 aromatic heterocycles. The fourth-order valence-electron chi connectivity index (χ4n) is 4.63. The van der Waals surface area contributed by atoms with Crippen molar-refractivity contribution in [2.45, 2.75) is 69.5 Å². The highest BCUT2D eigenvalue weighted by atomic mass is 16.8. The molecule has 0 spiro atoms. The molecule has 1 aliphatic carbocycles. The lowest BCUT2D eigenvalue weighted by Gasteiger charge is -2.39. The van der Waals surface area contributed by atoms with E-state index in [9.17, 15) is 5.11 Å². The molecule has 4 rings (SSSR count). The van der Waals surface area contributed by atoms with Gasteiger partial charge in [0.1, 0.15) is 6.10 Å². The molecule has 1 heterocycles. The Labute approximate surface area is 162 Å². The lowest BCUT2D eigenvalue weighted by Crippen LogP contribution is -2.46. The topological polar surface area (TPSA) is 38.7 Å². The third-order valence-electron chi connectivity index (χ3n) is 6.15. The van der Waals surface area contributed by atoms with Crippen molar-refractivity contribution >= 4 is 0 Å². The molecule has 2 aliphatic rings. The predicted octanol–water partition coefficient (Wildman–Crippen LogP) is 4.83. The van der Waals surface area contributed by atoms with E-state index in [2.05, 4.69) is 31.2 Å². The maximum Gasteiger partial charge on any atom is 0.222 e. The molecule has 1 aliphatic heterocycles. The molecular formula is C24H30O3. The molecular weight excluding hydrogens is 336 g/mol. The monoisotopic (exact) mass is 366 g/mol. The summed E-state index contributed by atoms with van der Waals surface area (Å²) in [5.74, 6) is -0.844. The van der Waals surface area contributed by atoms with Gasteiger partial charge in [-0.25, -0.2) is 0 Å². The second-order valence-corrected chi connectivity index (χ2v) is 8.05. The van der Waals surface area contributed by atoms with Crippen LogP contribution in [0.25, 0.3) is 0 Å². The number of aliphatic hydroxyl groups excluding tert-OH is 1. The number of hydrogen-bond acceptors (Lipinski definition) is 3. The molecule has 1 saturated heterocycles. The molecule has 3 nitrogen and oxygen atoms in total. The Balaban J connectivity index is 1.63. The second kappa shape index (κ2) is 8.14. The van der Waals surface area contributed by atoms with Crippen LogP contribution in [0.15, 0.2) is 60.7 Å². The third kappa shape index (κ3) is 3.82. The van der Waals surface area contributed by atoms with E-state index in [1.54, 1.807) is 0 Å². The van der Waals surface area contributed by atoms with Crippen molar-refractivity contribution < 1.29 is 14.6 Å². The van der Waals surface area contributed by atoms with Crippen molar-refractivity contribution in [3.05, 3.63) is 71.8 Å². The number of rotatable bonds is 5. The SMILES string of the molecule is C[C@H]1OC(c2ccccc2)(C(O)C2CCCCC2)O[C@@H]1Cc1ccccc1. The van der Waals surface area contributed by atoms with Gasteiger partial charge in [0.05, 0.1) is 12.2 Å². The van der Waals surface area contributed by atoms with E-state index in [1.807, 2.05) is 36.4 Å². The van der Waals surface area contributed by atoms with Crippen LogP contribution in [0.1, 0.15) is 50.2 Å². The zero-order valence-electron chi connectivity index (χ0n) is 16.1. The normalized spacial score (nSPS) is 30.3. The van der Waals surface area contributed by atoms with Gasteiger partial charge in [-0.15, -0.1) is 0 Å². The second-order valence-electron chi connectivity index (χ2n) is 8.05. The highest BCUT2D eigenvalue weighted by Crippen LogP contribution is 2.45. The average molecular weight is 367 g/mol. The first-order valence-corrected chi connectivity index (χ1v) is 10.3. The summed E-state index contributed by atoms with van der Waals surface area (Å²) >= 11 is 0. The van der Waals surface area contributed by atoms with Crippen molar-refractivity contribution in [3.8, 4) is 0 Å². The van der Waals surface area contributed by atoms with E-state index < -0.39 is 11.9 Å². The molecule has 2 aromatic carbocycles. The largest absolute Gasteiger partial charge is 0.387 e. The molecule has 0 bridgehead atoms. The van der Waals surface area contributed by atoms with Crippen LogP contribution in [0.4, 0.5) is 0 Å². The Kier molecular flexibility index (Phi) is 5.63. The fourth-order valence-corrected chi connectivity index (χ4v) is 4.63. The number of ether oxygens (including phenoxy) is 2. The number of benzene rings is 2. The van der Waals surface area contributed by atoms with Gasteiger partial charge in [-0.2, -0.15) is 0 Å². The van der Waals surface area contributed by atoms with Gasteiger partial charge in [0.15, 0.2) is 0 Å². The highest BCUT2D eigenvalue weighted by molar-refractivity contribution is 5.24. The van der Waals surface area contributed by atoms with E-state index in [4.69, 9.17) is 9.47 Å². The van der Waals surface area contributed by atoms with Gasteiger partial charge in [0, 0.05) is 12.0 Å². The van der Waals surface area contributed by atoms with Crippen molar-refractivity contribution in [1.29, 1.82) is 0 Å². The third-order valence-corrected chi connectivity index (χ3v) is 6.15. The minimum atomic E-state index is -1.07. The summed E-state index contributed by atoms with van der Waals surface area (Å²) in [5.41, 5.74) is 2.15. The van der Waals surface area contributed by atoms with Gasteiger partial charge in [0.2, 0.25) is 5.79 Å². The Morgan fingerprint density at radius 2 is 1.56 bits per heavy atom. The van der Waals surface area contributed by atoms with Crippen molar-refractivity contribution in [3.63, 3.8) is 0 Å². The lowest BCUT2D eigenvalue weighted by molar-refractivity contribution is -0.257. The van der Waals surface area contributed by atoms with Gasteiger partial charge in [-0.05, 0) is 31.2 Å². The van der Waals surface area contributed by atoms with Gasteiger partial charge in [-0.3, -0.25) is 0 Å². The molecule has 2 fully saturated rings. The summed E-state index contributed by atoms with van der Waals surface area (Å²) in [6.07, 6.45) is 5.67. The Bertz CT molecular complexity index is 711. The highest BCUT2D eigenvalue weighted by Gasteiger charge is 2.54. The first-order valence-electron chi connectivity index (χ1n) is 10.3. The fraction of sp³-hybridized carbons (Fsp3) is 0.500. The van der Waals surface area contributed by atoms with Crippen LogP contribution in [0.2, 0.25) is 0 Å². The maximum atomic E-state index is 11.4. The smallest absolute Gasteiger partial charge is 0.222 e. The molecule has 144 valence electrons. The Morgan fingerprint density at radius 3 is 2.22 bits per heavy atom. The van der Waals surface area contributed by atoms with E-state index in [1.165, 1.54) is 24.8 Å². The number of hydrogen-bond donors (Lipinski definition) is 1. The standard InChI is InChI=1S/C24H30O3/c1-18-22(17-19-11-5-2-6-12-19)27-24(26-18,21-15-9-4-10-16-21)23(25)20-13-7-3-8-14-20/h2,4-6,9-12,15-16,18,20,22-23,25H,3,7-8,13-14,17H2,1H3/t18-,22-,23?,24?/m1/s1. The van der Waals surface area contributed by atoms with Crippen LogP contribution < -0.4 is 0 Å². The first-order chi connectivity index (χ1) is 13.2. The van der Waals surface area contributed by atoms with Crippen molar-refractivity contribution in [2.75, 3.05) is 0 Å². The zero-order chi connectivity index (χ0) is 18.7. The van der Waals surface area contributed by atoms with Crippen LogP contribution in [0, 0.1) is 5.92 Å². The Morgan fingerprint density at radius 1 is 0.926 bits per heavy atom. The molecule has 0 radical (unpaired) electrons. The average Bonchev–Trinajstić information content (AvgIpc) is 3.07. The molecule has 1 N–H and O–H groups in total. The quantitative estimate of drug-likeness (QED) is 0.824. The molecule has 2 aromatic rings. The molecule has 0 amide bonds. The first kappa shape index (κ1) is 18.7. The summed E-state index contributed by atoms with van der Waals surface area (Å²) in [5, 5.41) is 11.4. The van der Waals surface area contributed by atoms with Crippen LogP contribution >= 0.6 is 0 Å². The minimum Gasteiger partial charge on any atom is -0.387 e. The van der Waals surface area contributed by atoms with Gasteiger partial charge in [-0.1, -0.05) is 79.9 Å². The van der Waals surface area contributed by atoms with Crippen LogP contribution in [-0.4, -0.2) is 23.4 Å². The van der Waals surface area contributed by atoms with Gasteiger partial charge >= 0.3 is 0 Å². The molecule has 3 heteroatoms. The van der Waals surface area contributed by atoms with Crippen LogP contribution in [0.5, 0.6) is 0 Å². The molecule has 2 unspecified atom stereocenters. The molecule has 27 heavy (non-hydrogen) atoms. The molecule has 4 atom stereocenters. The molecule has 1 saturated carbocycles. The van der Waals surface area contributed by atoms with E-state index in [0.29, 0.717) is 0 Å². The zero-order valence-corrected chi connectivity index (χ0v) is 16.1. The van der Waals surface area contributed by atoms with Gasteiger partial charge < -0.3 is 14.6 Å². The number of aliphatic hydroxyl groups is 1. The lowest BCUT2D eigenvalue weighted by atomic mass is 9.80. The summed E-state index contributed by atoms with van der Waals surface area (Å²) in [6.45, 7) is 2.06. The van der Waals surface area contributed by atoms with Crippen LogP contribution in [0.3, 0.4) is 0 Å². The minimum absolute atomic E-state index is 0.0779. The van der Waals surface area contributed by atoms with E-state index >= 15 is 0 Å². The predicted molar refractivity (Wildman–Crippen MR) is 106 cm³/mol. The maximum absolute atomic E-state index is 11.4. The van der Waals surface area contributed by atoms with Crippen molar-refractivity contribution in [2.24, 2.45) is 5.92 Å². The summed E-state index contributed by atoms with van der Waals surface area (Å²) < 4.78 is 13.1. The van der Waals surface area contributed by atoms with E-state index in [-0.39, 0.29) is 18.1 Å². The van der Waals surface area contributed by atoms with Crippen LogP contribution in [-0.2, 0) is 21.7 Å². The van der Waals surface area contributed by atoms with E-state index in [0.717, 1.165) is 24.8 Å². The van der Waals surface area contributed by atoms with Gasteiger partial charge in [0.25, 0.3) is 0 Å². The van der Waals surface area contributed by atoms with Crippen molar-refractivity contribution in [1.82, 2.24) is 0 Å². The Hall–Kier alpha value is -1.68. The summed E-state index contributed by atoms with van der Waals surface area (Å²) in [7, 11) is 0. The summed E-state index contributed by atoms with van der Waals surface area (Å²) in [4.78, 5) is 0. The summed E-state index contributed by atoms with van der Waals surface area (Å²) in [6, 6.07) is 20.4.